The van der Waals surface area contributed by atoms with Gasteiger partial charge in [-0.1, -0.05) is 26.1 Å². The first kappa shape index (κ1) is 14.4. The minimum Gasteiger partial charge on any atom is -0.343 e. The van der Waals surface area contributed by atoms with Crippen LogP contribution < -0.4 is 0 Å². The molecule has 0 unspecified atom stereocenters. The summed E-state index contributed by atoms with van der Waals surface area (Å²) in [5.74, 6) is 0.485. The number of benzene rings is 1. The van der Waals surface area contributed by atoms with Crippen LogP contribution in [0.25, 0.3) is 11.3 Å². The molecule has 102 valence electrons. The number of halogens is 1. The van der Waals surface area contributed by atoms with Crippen molar-refractivity contribution >= 4 is 12.2 Å². The lowest BCUT2D eigenvalue weighted by molar-refractivity contribution is 0.627. The van der Waals surface area contributed by atoms with Gasteiger partial charge in [-0.15, -0.1) is 0 Å². The fraction of sp³-hybridized carbons (Fsp3) is 0.267. The highest BCUT2D eigenvalue weighted by Crippen LogP contribution is 2.25. The predicted molar refractivity (Wildman–Crippen MR) is 78.4 cm³/mol. The molecule has 0 fully saturated rings. The summed E-state index contributed by atoms with van der Waals surface area (Å²) in [5.41, 5.74) is 2.37. The van der Waals surface area contributed by atoms with E-state index in [-0.39, 0.29) is 11.5 Å². The molecule has 5 heteroatoms. The van der Waals surface area contributed by atoms with Crippen LogP contribution in [0.15, 0.2) is 18.2 Å². The Kier molecular flexibility index (Phi) is 3.96. The standard InChI is InChI=1S/C15H14FN3S/c1-8(2)14-18-13(9(3)15(20)19-14)11-4-10(7-17)5-12(16)6-11/h4-6,8H,1-3H3,(H,18,19,20). The summed E-state index contributed by atoms with van der Waals surface area (Å²) in [6.45, 7) is 5.83. The van der Waals surface area contributed by atoms with Crippen LogP contribution in [0.5, 0.6) is 0 Å². The van der Waals surface area contributed by atoms with E-state index in [1.165, 1.54) is 12.1 Å². The fourth-order valence-electron chi connectivity index (χ4n) is 1.91. The maximum Gasteiger partial charge on any atom is 0.133 e. The summed E-state index contributed by atoms with van der Waals surface area (Å²) in [5, 5.41) is 8.94. The number of aromatic amines is 1. The van der Waals surface area contributed by atoms with Crippen molar-refractivity contribution in [3.63, 3.8) is 0 Å². The number of aromatic nitrogens is 2. The smallest absolute Gasteiger partial charge is 0.133 e. The molecule has 0 saturated carbocycles. The Morgan fingerprint density at radius 1 is 1.35 bits per heavy atom. The zero-order valence-corrected chi connectivity index (χ0v) is 12.3. The zero-order chi connectivity index (χ0) is 14.9. The molecule has 2 rings (SSSR count). The van der Waals surface area contributed by atoms with E-state index in [4.69, 9.17) is 17.5 Å². The summed E-state index contributed by atoms with van der Waals surface area (Å²) >= 11 is 5.25. The summed E-state index contributed by atoms with van der Waals surface area (Å²) in [6, 6.07) is 6.19. The van der Waals surface area contributed by atoms with E-state index in [0.29, 0.717) is 15.9 Å². The third-order valence-corrected chi connectivity index (χ3v) is 3.43. The van der Waals surface area contributed by atoms with Crippen molar-refractivity contribution in [1.82, 2.24) is 9.97 Å². The van der Waals surface area contributed by atoms with Crippen LogP contribution in [-0.4, -0.2) is 9.97 Å². The third-order valence-electron chi connectivity index (χ3n) is 3.03. The zero-order valence-electron chi connectivity index (χ0n) is 11.5. The van der Waals surface area contributed by atoms with Crippen molar-refractivity contribution in [1.29, 1.82) is 5.26 Å². The second kappa shape index (κ2) is 5.51. The molecular formula is C15H14FN3S. The average Bonchev–Trinajstić information content (AvgIpc) is 2.40. The molecule has 0 aliphatic heterocycles. The molecule has 2 aromatic rings. The van der Waals surface area contributed by atoms with Crippen LogP contribution >= 0.6 is 12.2 Å². The van der Waals surface area contributed by atoms with Gasteiger partial charge in [-0.05, 0) is 25.1 Å². The van der Waals surface area contributed by atoms with Crippen molar-refractivity contribution in [2.45, 2.75) is 26.7 Å². The van der Waals surface area contributed by atoms with Gasteiger partial charge in [0.15, 0.2) is 0 Å². The largest absolute Gasteiger partial charge is 0.343 e. The van der Waals surface area contributed by atoms with Gasteiger partial charge in [0.1, 0.15) is 16.3 Å². The Morgan fingerprint density at radius 3 is 2.65 bits per heavy atom. The highest BCUT2D eigenvalue weighted by Gasteiger charge is 2.11. The molecule has 0 aliphatic carbocycles. The number of nitrogens with zero attached hydrogens (tertiary/aromatic N) is 2. The molecule has 0 aliphatic rings. The van der Waals surface area contributed by atoms with Gasteiger partial charge >= 0.3 is 0 Å². The van der Waals surface area contributed by atoms with E-state index >= 15 is 0 Å². The SMILES string of the molecule is Cc1c(-c2cc(F)cc(C#N)c2)[nH]c(C(C)C)nc1=S. The molecule has 1 aromatic heterocycles. The van der Waals surface area contributed by atoms with Crippen LogP contribution in [0.4, 0.5) is 4.39 Å². The van der Waals surface area contributed by atoms with Gasteiger partial charge in [-0.3, -0.25) is 0 Å². The summed E-state index contributed by atoms with van der Waals surface area (Å²) in [4.78, 5) is 7.52. The Labute approximate surface area is 122 Å². The maximum absolute atomic E-state index is 13.6. The lowest BCUT2D eigenvalue weighted by Gasteiger charge is -2.12. The molecule has 1 aromatic carbocycles. The van der Waals surface area contributed by atoms with Crippen molar-refractivity contribution in [2.24, 2.45) is 0 Å². The number of hydrogen-bond donors (Lipinski definition) is 1. The summed E-state index contributed by atoms with van der Waals surface area (Å²) in [7, 11) is 0. The lowest BCUT2D eigenvalue weighted by atomic mass is 10.0. The molecular weight excluding hydrogens is 273 g/mol. The van der Waals surface area contributed by atoms with E-state index in [2.05, 4.69) is 9.97 Å². The molecule has 0 spiro atoms. The fourth-order valence-corrected chi connectivity index (χ4v) is 2.11. The highest BCUT2D eigenvalue weighted by atomic mass is 32.1. The topological polar surface area (TPSA) is 52.5 Å². The van der Waals surface area contributed by atoms with Gasteiger partial charge in [0.2, 0.25) is 0 Å². The predicted octanol–water partition coefficient (Wildman–Crippen LogP) is 4.25. The van der Waals surface area contributed by atoms with Crippen molar-refractivity contribution < 1.29 is 4.39 Å². The summed E-state index contributed by atoms with van der Waals surface area (Å²) < 4.78 is 14.1. The summed E-state index contributed by atoms with van der Waals surface area (Å²) in [6.07, 6.45) is 0. The average molecular weight is 287 g/mol. The Morgan fingerprint density at radius 2 is 2.05 bits per heavy atom. The maximum atomic E-state index is 13.6. The van der Waals surface area contributed by atoms with E-state index < -0.39 is 5.82 Å². The number of nitriles is 1. The minimum absolute atomic E-state index is 0.181. The van der Waals surface area contributed by atoms with Crippen LogP contribution in [0, 0.1) is 28.7 Å². The van der Waals surface area contributed by atoms with Crippen molar-refractivity contribution in [2.75, 3.05) is 0 Å². The molecule has 0 amide bonds. The highest BCUT2D eigenvalue weighted by molar-refractivity contribution is 7.71. The van der Waals surface area contributed by atoms with E-state index in [9.17, 15) is 4.39 Å². The number of H-pyrrole nitrogens is 1. The third kappa shape index (κ3) is 2.75. The van der Waals surface area contributed by atoms with Crippen LogP contribution in [0.2, 0.25) is 0 Å². The molecule has 3 nitrogen and oxygen atoms in total. The van der Waals surface area contributed by atoms with Crippen LogP contribution in [0.1, 0.15) is 36.7 Å². The molecule has 0 radical (unpaired) electrons. The van der Waals surface area contributed by atoms with E-state index in [1.54, 1.807) is 6.07 Å². The van der Waals surface area contributed by atoms with Gasteiger partial charge in [-0.25, -0.2) is 9.37 Å². The Balaban J connectivity index is 2.72. The molecule has 0 bridgehead atoms. The Hall–Kier alpha value is -2.06. The van der Waals surface area contributed by atoms with E-state index in [0.717, 1.165) is 11.4 Å². The minimum atomic E-state index is -0.444. The van der Waals surface area contributed by atoms with Crippen molar-refractivity contribution in [3.8, 4) is 17.3 Å². The monoisotopic (exact) mass is 287 g/mol. The quantitative estimate of drug-likeness (QED) is 0.840. The molecule has 0 atom stereocenters. The van der Waals surface area contributed by atoms with Gasteiger partial charge < -0.3 is 4.98 Å². The second-order valence-corrected chi connectivity index (χ2v) is 5.31. The molecule has 20 heavy (non-hydrogen) atoms. The first-order chi connectivity index (χ1) is 9.42. The molecule has 1 N–H and O–H groups in total. The van der Waals surface area contributed by atoms with Crippen molar-refractivity contribution in [3.05, 3.63) is 45.6 Å². The van der Waals surface area contributed by atoms with Gasteiger partial charge in [0.25, 0.3) is 0 Å². The molecule has 0 saturated heterocycles. The van der Waals surface area contributed by atoms with Crippen LogP contribution in [0.3, 0.4) is 0 Å². The Bertz CT molecular complexity index is 757. The number of hydrogen-bond acceptors (Lipinski definition) is 3. The van der Waals surface area contributed by atoms with Gasteiger partial charge in [0.05, 0.1) is 17.3 Å². The van der Waals surface area contributed by atoms with Crippen LogP contribution in [-0.2, 0) is 0 Å². The molecule has 1 heterocycles. The van der Waals surface area contributed by atoms with Gasteiger partial charge in [0, 0.05) is 17.0 Å². The first-order valence-corrected chi connectivity index (χ1v) is 6.65. The first-order valence-electron chi connectivity index (χ1n) is 6.24. The normalized spacial score (nSPS) is 10.6. The lowest BCUT2D eigenvalue weighted by Crippen LogP contribution is -2.02. The van der Waals surface area contributed by atoms with E-state index in [1.807, 2.05) is 26.8 Å². The number of rotatable bonds is 2. The second-order valence-electron chi connectivity index (χ2n) is 4.92. The number of nitrogens with one attached hydrogen (secondary N) is 1. The van der Waals surface area contributed by atoms with Gasteiger partial charge in [-0.2, -0.15) is 5.26 Å².